The van der Waals surface area contributed by atoms with E-state index >= 15 is 0 Å². The Morgan fingerprint density at radius 2 is 0.909 bits per heavy atom. The second-order valence-corrected chi connectivity index (χ2v) is 15.1. The first-order valence-corrected chi connectivity index (χ1v) is 21.2. The number of aryl methyl sites for hydroxylation is 6. The number of pyridine rings is 12. The smallest absolute Gasteiger partial charge is 0.0914 e. The molecule has 12 aromatic heterocycles. The van der Waals surface area contributed by atoms with Crippen LogP contribution in [0.2, 0.25) is 0 Å². The average Bonchev–Trinajstić information content (AvgIpc) is 3.35. The Labute approximate surface area is 383 Å². The molecule has 0 radical (unpaired) electrons. The van der Waals surface area contributed by atoms with E-state index in [2.05, 4.69) is 84.9 Å². The third kappa shape index (κ3) is 12.5. The first kappa shape index (κ1) is 45.4. The van der Waals surface area contributed by atoms with Gasteiger partial charge in [-0.3, -0.25) is 59.8 Å². The molecule has 0 aromatic carbocycles. The Hall–Kier alpha value is -8.64. The minimum Gasteiger partial charge on any atom is -0.262 e. The van der Waals surface area contributed by atoms with Crippen molar-refractivity contribution in [1.82, 2.24) is 59.8 Å². The molecular formula is C54H48N12. The normalized spacial score (nSPS) is 10.3. The molecule has 0 N–H and O–H groups in total. The summed E-state index contributed by atoms with van der Waals surface area (Å²) in [6.45, 7) is 12.1. The minimum atomic E-state index is 0.957. The minimum absolute atomic E-state index is 0.957. The molecule has 0 atom stereocenters. The molecule has 12 heteroatoms. The van der Waals surface area contributed by atoms with Gasteiger partial charge in [0.1, 0.15) is 0 Å². The van der Waals surface area contributed by atoms with Crippen LogP contribution in [0.1, 0.15) is 33.8 Å². The highest BCUT2D eigenvalue weighted by Gasteiger charge is 1.98. The van der Waals surface area contributed by atoms with Crippen LogP contribution in [0.5, 0.6) is 0 Å². The summed E-state index contributed by atoms with van der Waals surface area (Å²) < 4.78 is 0. The van der Waals surface area contributed by atoms with Gasteiger partial charge in [-0.15, -0.1) is 0 Å². The summed E-state index contributed by atoms with van der Waals surface area (Å²) in [7, 11) is 0. The van der Waals surface area contributed by atoms with E-state index in [4.69, 9.17) is 0 Å². The highest BCUT2D eigenvalue weighted by Crippen LogP contribution is 2.15. The predicted octanol–water partition coefficient (Wildman–Crippen LogP) is 11.6. The summed E-state index contributed by atoms with van der Waals surface area (Å²) >= 11 is 0. The number of fused-ring (bicyclic) bond motifs is 6. The highest BCUT2D eigenvalue weighted by atomic mass is 14.8. The van der Waals surface area contributed by atoms with Crippen molar-refractivity contribution in [3.05, 3.63) is 218 Å². The zero-order valence-electron chi connectivity index (χ0n) is 37.7. The van der Waals surface area contributed by atoms with Crippen molar-refractivity contribution in [2.24, 2.45) is 0 Å². The molecule has 12 aromatic rings. The molecule has 0 spiro atoms. The van der Waals surface area contributed by atoms with Crippen molar-refractivity contribution in [3.8, 4) is 0 Å². The quantitative estimate of drug-likeness (QED) is 0.142. The second kappa shape index (κ2) is 22.6. The summed E-state index contributed by atoms with van der Waals surface area (Å²) in [6, 6.07) is 30.0. The van der Waals surface area contributed by atoms with Gasteiger partial charge >= 0.3 is 0 Å². The van der Waals surface area contributed by atoms with E-state index in [0.717, 1.165) is 71.7 Å². The monoisotopic (exact) mass is 864 g/mol. The van der Waals surface area contributed by atoms with Crippen molar-refractivity contribution in [1.29, 1.82) is 0 Å². The molecule has 0 aliphatic carbocycles. The molecule has 0 saturated carbocycles. The molecule has 0 unspecified atom stereocenters. The van der Waals surface area contributed by atoms with Gasteiger partial charge in [0.15, 0.2) is 0 Å². The van der Waals surface area contributed by atoms with Crippen LogP contribution in [0.25, 0.3) is 65.4 Å². The molecule has 66 heavy (non-hydrogen) atoms. The van der Waals surface area contributed by atoms with Gasteiger partial charge in [0.05, 0.1) is 69.8 Å². The van der Waals surface area contributed by atoms with E-state index in [-0.39, 0.29) is 0 Å². The lowest BCUT2D eigenvalue weighted by Gasteiger charge is -1.97. The standard InChI is InChI=1S/6C9H8N2/c1-7-2-5-11-9-6-10-4-3-8(7)9;1-7-4-8-2-3-10-6-9(8)11-5-7;1-7-2-3-8-4-5-10-6-9(8)11-7;1-7-9-8(4-6-10-7)3-2-5-11-9;1-7-5-10-6-9-8(7)3-2-4-11-9;1-7-5-8-3-2-4-10-9(8)6-11-7/h6*2-6H,1H3. The van der Waals surface area contributed by atoms with Crippen molar-refractivity contribution >= 4 is 65.4 Å². The van der Waals surface area contributed by atoms with Crippen LogP contribution in [0.3, 0.4) is 0 Å². The summed E-state index contributed by atoms with van der Waals surface area (Å²) in [5.74, 6) is 0. The Morgan fingerprint density at radius 3 is 1.68 bits per heavy atom. The number of hydrogen-bond acceptors (Lipinski definition) is 12. The van der Waals surface area contributed by atoms with Crippen LogP contribution in [-0.4, -0.2) is 59.8 Å². The van der Waals surface area contributed by atoms with Crippen molar-refractivity contribution < 1.29 is 0 Å². The van der Waals surface area contributed by atoms with Gasteiger partial charge in [-0.25, -0.2) is 0 Å². The zero-order chi connectivity index (χ0) is 46.1. The molecule has 12 rings (SSSR count). The second-order valence-electron chi connectivity index (χ2n) is 15.1. The average molecular weight is 865 g/mol. The first-order chi connectivity index (χ1) is 32.2. The van der Waals surface area contributed by atoms with Crippen LogP contribution in [0.15, 0.2) is 184 Å². The van der Waals surface area contributed by atoms with Gasteiger partial charge in [-0.1, -0.05) is 24.3 Å². The van der Waals surface area contributed by atoms with E-state index in [1.165, 1.54) is 27.5 Å². The zero-order valence-corrected chi connectivity index (χ0v) is 37.7. The van der Waals surface area contributed by atoms with Crippen LogP contribution in [0, 0.1) is 41.5 Å². The molecular weight excluding hydrogens is 817 g/mol. The van der Waals surface area contributed by atoms with Crippen molar-refractivity contribution in [2.45, 2.75) is 41.5 Å². The number of hydrogen-bond donors (Lipinski definition) is 0. The predicted molar refractivity (Wildman–Crippen MR) is 266 cm³/mol. The molecule has 0 aliphatic rings. The maximum atomic E-state index is 4.31. The van der Waals surface area contributed by atoms with Gasteiger partial charge < -0.3 is 0 Å². The Morgan fingerprint density at radius 1 is 0.318 bits per heavy atom. The number of aromatic nitrogens is 12. The molecule has 0 fully saturated rings. The summed E-state index contributed by atoms with van der Waals surface area (Å²) in [5, 5.41) is 6.97. The third-order valence-corrected chi connectivity index (χ3v) is 10.1. The topological polar surface area (TPSA) is 155 Å². The van der Waals surface area contributed by atoms with E-state index < -0.39 is 0 Å². The van der Waals surface area contributed by atoms with Gasteiger partial charge in [-0.2, -0.15) is 0 Å². The molecule has 0 bridgehead atoms. The highest BCUT2D eigenvalue weighted by molar-refractivity contribution is 5.82. The largest absolute Gasteiger partial charge is 0.262 e. The van der Waals surface area contributed by atoms with Crippen LogP contribution in [0.4, 0.5) is 0 Å². The summed E-state index contributed by atoms with van der Waals surface area (Å²) in [6.07, 6.45) is 26.9. The Kier molecular flexibility index (Phi) is 15.6. The summed E-state index contributed by atoms with van der Waals surface area (Å²) in [5.41, 5.74) is 12.5. The lowest BCUT2D eigenvalue weighted by Crippen LogP contribution is -1.84. The van der Waals surface area contributed by atoms with Gasteiger partial charge in [-0.05, 0) is 125 Å². The first-order valence-electron chi connectivity index (χ1n) is 21.2. The molecule has 0 aliphatic heterocycles. The van der Waals surface area contributed by atoms with Gasteiger partial charge in [0.25, 0.3) is 0 Å². The fourth-order valence-corrected chi connectivity index (χ4v) is 6.66. The molecule has 12 heterocycles. The fraction of sp³-hybridized carbons (Fsp3) is 0.111. The molecule has 324 valence electrons. The summed E-state index contributed by atoms with van der Waals surface area (Å²) in [4.78, 5) is 49.6. The maximum Gasteiger partial charge on any atom is 0.0914 e. The van der Waals surface area contributed by atoms with Gasteiger partial charge in [0, 0.05) is 106 Å². The molecule has 12 nitrogen and oxygen atoms in total. The van der Waals surface area contributed by atoms with E-state index in [9.17, 15) is 0 Å². The van der Waals surface area contributed by atoms with Crippen molar-refractivity contribution in [2.75, 3.05) is 0 Å². The maximum absolute atomic E-state index is 4.31. The van der Waals surface area contributed by atoms with Crippen molar-refractivity contribution in [3.63, 3.8) is 0 Å². The Bertz CT molecular complexity index is 3090. The number of rotatable bonds is 0. The van der Waals surface area contributed by atoms with E-state index in [0.29, 0.717) is 0 Å². The van der Waals surface area contributed by atoms with Crippen LogP contribution in [-0.2, 0) is 0 Å². The van der Waals surface area contributed by atoms with E-state index in [1.807, 2.05) is 120 Å². The lowest BCUT2D eigenvalue weighted by atomic mass is 10.2. The van der Waals surface area contributed by atoms with Crippen LogP contribution < -0.4 is 0 Å². The Balaban J connectivity index is 0.000000118. The van der Waals surface area contributed by atoms with E-state index in [1.54, 1.807) is 80.6 Å². The van der Waals surface area contributed by atoms with Crippen LogP contribution >= 0.6 is 0 Å². The number of nitrogens with zero attached hydrogens (tertiary/aromatic N) is 12. The fourth-order valence-electron chi connectivity index (χ4n) is 6.66. The third-order valence-electron chi connectivity index (χ3n) is 10.1. The molecule has 0 amide bonds. The molecule has 0 saturated heterocycles. The lowest BCUT2D eigenvalue weighted by molar-refractivity contribution is 1.20. The SMILES string of the molecule is Cc1cc2cccnc2cn1.Cc1ccc2ccncc2n1.Cc1ccnc2cnccc12.Cc1cnc2cnccc2c1.Cc1cncc2ncccc12.Cc1nccc2cccnc12. The van der Waals surface area contributed by atoms with Gasteiger partial charge in [0.2, 0.25) is 0 Å².